The maximum Gasteiger partial charge on any atom is 0.270 e. The van der Waals surface area contributed by atoms with Crippen LogP contribution in [0.25, 0.3) is 11.3 Å². The van der Waals surface area contributed by atoms with Gasteiger partial charge in [0.2, 0.25) is 0 Å². The van der Waals surface area contributed by atoms with Crippen molar-refractivity contribution in [2.24, 2.45) is 0 Å². The van der Waals surface area contributed by atoms with Gasteiger partial charge in [-0.2, -0.15) is 0 Å². The normalized spacial score (nSPS) is 19.3. The Labute approximate surface area is 270 Å². The van der Waals surface area contributed by atoms with Gasteiger partial charge in [0.1, 0.15) is 16.7 Å². The fraction of sp³-hybridized carbons (Fsp3) is 0.444. The van der Waals surface area contributed by atoms with E-state index < -0.39 is 15.7 Å². The molecule has 1 saturated heterocycles. The summed E-state index contributed by atoms with van der Waals surface area (Å²) in [6.07, 6.45) is 1.29. The Hall–Kier alpha value is -3.39. The molecule has 238 valence electrons. The summed E-state index contributed by atoms with van der Waals surface area (Å²) in [7, 11) is 2.63. The lowest BCUT2D eigenvalue weighted by Gasteiger charge is -2.30. The first-order valence-electron chi connectivity index (χ1n) is 15.7. The van der Waals surface area contributed by atoms with Gasteiger partial charge in [0.05, 0.1) is 23.0 Å². The number of rotatable bonds is 9. The van der Waals surface area contributed by atoms with Crippen molar-refractivity contribution < 1.29 is 14.1 Å². The second-order valence-corrected chi connectivity index (χ2v) is 15.4. The molecule has 8 nitrogen and oxygen atoms in total. The number of hydrogen-bond donors (Lipinski definition) is 2. The molecular weight excluding hydrogens is 582 g/mol. The standard InChI is InChI=1S/C36H45N5O3S/c1-36(2,3)45(44)41-24-29-22-31(35(43)37-30-16-19-40(25-30)23-27-11-7-6-8-12-27)38-34(33(29)32(41)17-20-42)28-15-9-13-26(21-28)14-10-18-39(4)5/h6-9,11-13,15,21-22,30,32,42H,16-20,23-25H2,1-5H3,(H,37,43)/t30-,32+,45?/m0/s1. The third-order valence-electron chi connectivity index (χ3n) is 8.14. The molecule has 0 saturated carbocycles. The minimum Gasteiger partial charge on any atom is -0.396 e. The second kappa shape index (κ2) is 14.4. The second-order valence-electron chi connectivity index (χ2n) is 13.2. The Bertz CT molecular complexity index is 1590. The molecule has 45 heavy (non-hydrogen) atoms. The largest absolute Gasteiger partial charge is 0.396 e. The van der Waals surface area contributed by atoms with Crippen molar-refractivity contribution in [3.05, 3.63) is 88.6 Å². The molecule has 2 aliphatic heterocycles. The van der Waals surface area contributed by atoms with Gasteiger partial charge >= 0.3 is 0 Å². The van der Waals surface area contributed by atoms with E-state index in [1.54, 1.807) is 0 Å². The van der Waals surface area contributed by atoms with E-state index in [2.05, 4.69) is 46.3 Å². The molecule has 9 heteroatoms. The number of carbonyl (C=O) groups is 1. The Morgan fingerprint density at radius 2 is 1.91 bits per heavy atom. The van der Waals surface area contributed by atoms with Gasteiger partial charge in [0, 0.05) is 55.5 Å². The van der Waals surface area contributed by atoms with Gasteiger partial charge in [0.25, 0.3) is 5.91 Å². The topological polar surface area (TPSA) is 89.0 Å². The number of aromatic nitrogens is 1. The minimum absolute atomic E-state index is 0.0297. The third-order valence-corrected chi connectivity index (χ3v) is 10.0. The van der Waals surface area contributed by atoms with Crippen molar-refractivity contribution in [3.63, 3.8) is 0 Å². The highest BCUT2D eigenvalue weighted by atomic mass is 32.2. The van der Waals surface area contributed by atoms with Crippen LogP contribution in [0.5, 0.6) is 0 Å². The molecular formula is C36H45N5O3S. The van der Waals surface area contributed by atoms with Gasteiger partial charge < -0.3 is 10.4 Å². The molecule has 1 aromatic heterocycles. The smallest absolute Gasteiger partial charge is 0.270 e. The first-order valence-corrected chi connectivity index (χ1v) is 16.8. The molecule has 2 aromatic carbocycles. The summed E-state index contributed by atoms with van der Waals surface area (Å²) in [5.41, 5.74) is 5.83. The monoisotopic (exact) mass is 627 g/mol. The van der Waals surface area contributed by atoms with Crippen LogP contribution in [0, 0.1) is 11.8 Å². The van der Waals surface area contributed by atoms with Crippen LogP contribution in [0.3, 0.4) is 0 Å². The van der Waals surface area contributed by atoms with Crippen molar-refractivity contribution in [3.8, 4) is 23.1 Å². The molecule has 3 atom stereocenters. The number of benzene rings is 2. The lowest BCUT2D eigenvalue weighted by Crippen LogP contribution is -2.37. The predicted molar refractivity (Wildman–Crippen MR) is 181 cm³/mol. The Morgan fingerprint density at radius 3 is 2.62 bits per heavy atom. The van der Waals surface area contributed by atoms with Crippen LogP contribution >= 0.6 is 0 Å². The Balaban J connectivity index is 1.47. The van der Waals surface area contributed by atoms with Crippen LogP contribution in [0.1, 0.15) is 72.4 Å². The molecule has 5 rings (SSSR count). The quantitative estimate of drug-likeness (QED) is 0.343. The number of aliphatic hydroxyl groups excluding tert-OH is 1. The summed E-state index contributed by atoms with van der Waals surface area (Å²) < 4.78 is 15.2. The van der Waals surface area contributed by atoms with E-state index in [1.807, 2.05) is 80.5 Å². The average molecular weight is 628 g/mol. The van der Waals surface area contributed by atoms with Gasteiger partial charge in [-0.1, -0.05) is 54.3 Å². The SMILES string of the molecule is CN(C)CC#Cc1cccc(-c2nc(C(=O)N[C@H]3CCN(Cc4ccccc4)C3)cc3c2[C@@H](CCO)N(S(=O)C(C)(C)C)C3)c1. The molecule has 1 unspecified atom stereocenters. The number of pyridine rings is 1. The number of aliphatic hydroxyl groups is 1. The van der Waals surface area contributed by atoms with Gasteiger partial charge in [-0.25, -0.2) is 13.5 Å². The Kier molecular flexibility index (Phi) is 10.5. The molecule has 0 aliphatic carbocycles. The first kappa shape index (κ1) is 33.0. The van der Waals surface area contributed by atoms with E-state index in [0.717, 1.165) is 48.3 Å². The van der Waals surface area contributed by atoms with E-state index >= 15 is 0 Å². The summed E-state index contributed by atoms with van der Waals surface area (Å²) in [5.74, 6) is 6.23. The zero-order valence-electron chi connectivity index (χ0n) is 27.0. The van der Waals surface area contributed by atoms with Crippen LogP contribution in [-0.4, -0.2) is 85.4 Å². The number of likely N-dealkylation sites (tertiary alicyclic amines) is 1. The van der Waals surface area contributed by atoms with Gasteiger partial charge in [-0.15, -0.1) is 0 Å². The molecule has 0 radical (unpaired) electrons. The van der Waals surface area contributed by atoms with Crippen LogP contribution in [0.15, 0.2) is 60.7 Å². The molecule has 0 bridgehead atoms. The zero-order valence-corrected chi connectivity index (χ0v) is 27.9. The highest BCUT2D eigenvalue weighted by Crippen LogP contribution is 2.44. The van der Waals surface area contributed by atoms with Crippen LogP contribution in [0.4, 0.5) is 0 Å². The van der Waals surface area contributed by atoms with Crippen LogP contribution < -0.4 is 5.32 Å². The predicted octanol–water partition coefficient (Wildman–Crippen LogP) is 4.37. The number of hydrogen-bond acceptors (Lipinski definition) is 6. The highest BCUT2D eigenvalue weighted by Gasteiger charge is 2.40. The fourth-order valence-electron chi connectivity index (χ4n) is 6.04. The van der Waals surface area contributed by atoms with Gasteiger partial charge in [-0.05, 0) is 77.0 Å². The van der Waals surface area contributed by atoms with E-state index in [4.69, 9.17) is 4.98 Å². The molecule has 2 N–H and O–H groups in total. The van der Waals surface area contributed by atoms with E-state index in [0.29, 0.717) is 30.9 Å². The average Bonchev–Trinajstić information content (AvgIpc) is 3.60. The maximum absolute atomic E-state index is 13.8. The van der Waals surface area contributed by atoms with Crippen molar-refractivity contribution in [1.29, 1.82) is 0 Å². The number of fused-ring (bicyclic) bond motifs is 1. The van der Waals surface area contributed by atoms with Gasteiger partial charge in [0.15, 0.2) is 0 Å². The maximum atomic E-state index is 13.8. The summed E-state index contributed by atoms with van der Waals surface area (Å²) in [5, 5.41) is 13.3. The fourth-order valence-corrected chi connectivity index (χ4v) is 7.45. The van der Waals surface area contributed by atoms with Crippen LogP contribution in [0.2, 0.25) is 0 Å². The summed E-state index contributed by atoms with van der Waals surface area (Å²) in [4.78, 5) is 23.1. The lowest BCUT2D eigenvalue weighted by atomic mass is 9.95. The molecule has 1 amide bonds. The summed E-state index contributed by atoms with van der Waals surface area (Å²) in [6.45, 7) is 9.43. The molecule has 3 aromatic rings. The van der Waals surface area contributed by atoms with Gasteiger partial charge in [-0.3, -0.25) is 14.6 Å². The van der Waals surface area contributed by atoms with Crippen molar-refractivity contribution in [2.45, 2.75) is 63.5 Å². The minimum atomic E-state index is -1.33. The number of carbonyl (C=O) groups excluding carboxylic acids is 1. The highest BCUT2D eigenvalue weighted by molar-refractivity contribution is 7.84. The van der Waals surface area contributed by atoms with Crippen molar-refractivity contribution in [1.82, 2.24) is 24.4 Å². The Morgan fingerprint density at radius 1 is 1.13 bits per heavy atom. The molecule has 3 heterocycles. The number of amides is 1. The lowest BCUT2D eigenvalue weighted by molar-refractivity contribution is 0.0932. The summed E-state index contributed by atoms with van der Waals surface area (Å²) >= 11 is 0. The number of nitrogens with zero attached hydrogens (tertiary/aromatic N) is 4. The third kappa shape index (κ3) is 8.07. The number of nitrogens with one attached hydrogen (secondary N) is 1. The van der Waals surface area contributed by atoms with Crippen molar-refractivity contribution >= 4 is 16.9 Å². The molecule has 0 spiro atoms. The first-order chi connectivity index (χ1) is 21.5. The summed E-state index contributed by atoms with van der Waals surface area (Å²) in [6, 6.07) is 19.9. The van der Waals surface area contributed by atoms with Crippen molar-refractivity contribution in [2.75, 3.05) is 40.3 Å². The van der Waals surface area contributed by atoms with E-state index in [9.17, 15) is 14.1 Å². The zero-order chi connectivity index (χ0) is 32.1. The molecule has 1 fully saturated rings. The van der Waals surface area contributed by atoms with E-state index in [1.165, 1.54) is 5.56 Å². The van der Waals surface area contributed by atoms with Crippen LogP contribution in [-0.2, 0) is 24.1 Å². The molecule has 2 aliphatic rings. The van der Waals surface area contributed by atoms with E-state index in [-0.39, 0.29) is 24.6 Å².